The van der Waals surface area contributed by atoms with E-state index in [9.17, 15) is 4.39 Å². The number of anilines is 1. The molecule has 0 unspecified atom stereocenters. The number of benzene rings is 1. The van der Waals surface area contributed by atoms with Crippen LogP contribution in [0.4, 0.5) is 10.3 Å². The molecule has 1 aliphatic rings. The number of para-hydroxylation sites is 1. The van der Waals surface area contributed by atoms with Crippen LogP contribution < -0.4 is 9.64 Å². The molecule has 1 saturated heterocycles. The largest absolute Gasteiger partial charge is 0.480 e. The Kier molecular flexibility index (Phi) is 5.53. The number of methoxy groups -OCH3 is 1. The van der Waals surface area contributed by atoms with Crippen molar-refractivity contribution in [1.29, 1.82) is 0 Å². The Morgan fingerprint density at radius 2 is 1.96 bits per heavy atom. The highest BCUT2D eigenvalue weighted by atomic mass is 19.1. The minimum atomic E-state index is -0.394. The molecule has 136 valence electrons. The van der Waals surface area contributed by atoms with E-state index in [-0.39, 0.29) is 11.6 Å². The van der Waals surface area contributed by atoms with Crippen molar-refractivity contribution in [3.63, 3.8) is 0 Å². The van der Waals surface area contributed by atoms with Gasteiger partial charge in [-0.3, -0.25) is 4.57 Å². The SMILES string of the molecule is CCn1c([C@H](C)Oc2ccccc2F)nnc1N1CCC(OC)CC1. The number of ether oxygens (including phenoxy) is 2. The van der Waals surface area contributed by atoms with Crippen LogP contribution in [-0.4, -0.2) is 41.1 Å². The van der Waals surface area contributed by atoms with Crippen LogP contribution in [-0.2, 0) is 11.3 Å². The smallest absolute Gasteiger partial charge is 0.227 e. The number of rotatable bonds is 6. The molecule has 1 fully saturated rings. The predicted molar refractivity (Wildman–Crippen MR) is 93.4 cm³/mol. The summed E-state index contributed by atoms with van der Waals surface area (Å²) in [4.78, 5) is 2.23. The maximum Gasteiger partial charge on any atom is 0.227 e. The lowest BCUT2D eigenvalue weighted by Gasteiger charge is -2.32. The zero-order valence-electron chi connectivity index (χ0n) is 15.0. The van der Waals surface area contributed by atoms with Crippen molar-refractivity contribution in [3.05, 3.63) is 35.9 Å². The first-order chi connectivity index (χ1) is 12.1. The number of halogens is 1. The zero-order valence-corrected chi connectivity index (χ0v) is 15.0. The van der Waals surface area contributed by atoms with Gasteiger partial charge in [0.05, 0.1) is 6.10 Å². The normalized spacial score (nSPS) is 16.9. The van der Waals surface area contributed by atoms with Crippen molar-refractivity contribution in [2.75, 3.05) is 25.1 Å². The Bertz CT molecular complexity index is 698. The Labute approximate surface area is 147 Å². The molecule has 25 heavy (non-hydrogen) atoms. The Morgan fingerprint density at radius 1 is 1.24 bits per heavy atom. The molecule has 0 amide bonds. The molecule has 0 aliphatic carbocycles. The van der Waals surface area contributed by atoms with Crippen LogP contribution in [0.1, 0.15) is 38.6 Å². The third-order valence-electron chi connectivity index (χ3n) is 4.64. The van der Waals surface area contributed by atoms with Gasteiger partial charge in [0, 0.05) is 26.7 Å². The van der Waals surface area contributed by atoms with E-state index in [4.69, 9.17) is 9.47 Å². The Morgan fingerprint density at radius 3 is 2.60 bits per heavy atom. The van der Waals surface area contributed by atoms with Crippen molar-refractivity contribution >= 4 is 5.95 Å². The molecule has 7 heteroatoms. The van der Waals surface area contributed by atoms with Gasteiger partial charge in [0.15, 0.2) is 23.5 Å². The molecule has 0 radical (unpaired) electrons. The van der Waals surface area contributed by atoms with Crippen LogP contribution in [0.5, 0.6) is 5.75 Å². The van der Waals surface area contributed by atoms with Crippen LogP contribution in [0, 0.1) is 5.82 Å². The summed E-state index contributed by atoms with van der Waals surface area (Å²) < 4.78 is 27.1. The van der Waals surface area contributed by atoms with Crippen molar-refractivity contribution < 1.29 is 13.9 Å². The van der Waals surface area contributed by atoms with Gasteiger partial charge in [-0.15, -0.1) is 10.2 Å². The fourth-order valence-corrected chi connectivity index (χ4v) is 3.22. The maximum atomic E-state index is 13.8. The van der Waals surface area contributed by atoms with E-state index in [1.54, 1.807) is 25.3 Å². The molecule has 1 aliphatic heterocycles. The second-order valence-corrected chi connectivity index (χ2v) is 6.22. The average Bonchev–Trinajstić information content (AvgIpc) is 3.08. The minimum Gasteiger partial charge on any atom is -0.480 e. The van der Waals surface area contributed by atoms with Crippen LogP contribution in [0.15, 0.2) is 24.3 Å². The topological polar surface area (TPSA) is 52.4 Å². The van der Waals surface area contributed by atoms with Crippen LogP contribution >= 0.6 is 0 Å². The van der Waals surface area contributed by atoms with Crippen molar-refractivity contribution in [3.8, 4) is 5.75 Å². The van der Waals surface area contributed by atoms with E-state index < -0.39 is 6.10 Å². The second kappa shape index (κ2) is 7.82. The fourth-order valence-electron chi connectivity index (χ4n) is 3.22. The molecule has 0 saturated carbocycles. The average molecular weight is 348 g/mol. The lowest BCUT2D eigenvalue weighted by Crippen LogP contribution is -2.38. The van der Waals surface area contributed by atoms with Crippen molar-refractivity contribution in [2.45, 2.75) is 45.4 Å². The van der Waals surface area contributed by atoms with E-state index in [1.807, 2.05) is 18.4 Å². The maximum absolute atomic E-state index is 13.8. The molecule has 0 spiro atoms. The zero-order chi connectivity index (χ0) is 17.8. The molecule has 1 atom stereocenters. The summed E-state index contributed by atoms with van der Waals surface area (Å²) in [6.07, 6.45) is 1.87. The van der Waals surface area contributed by atoms with Gasteiger partial charge in [-0.2, -0.15) is 0 Å². The molecule has 2 aromatic rings. The number of hydrogen-bond donors (Lipinski definition) is 0. The molecular weight excluding hydrogens is 323 g/mol. The first-order valence-corrected chi connectivity index (χ1v) is 8.76. The summed E-state index contributed by atoms with van der Waals surface area (Å²) >= 11 is 0. The van der Waals surface area contributed by atoms with Gasteiger partial charge in [0.2, 0.25) is 5.95 Å². The van der Waals surface area contributed by atoms with E-state index >= 15 is 0 Å². The summed E-state index contributed by atoms with van der Waals surface area (Å²) in [7, 11) is 1.76. The van der Waals surface area contributed by atoms with E-state index in [1.165, 1.54) is 6.07 Å². The summed E-state index contributed by atoms with van der Waals surface area (Å²) in [6.45, 7) is 6.42. The van der Waals surface area contributed by atoms with E-state index in [0.717, 1.165) is 38.4 Å². The van der Waals surface area contributed by atoms with Gasteiger partial charge >= 0.3 is 0 Å². The number of hydrogen-bond acceptors (Lipinski definition) is 5. The quantitative estimate of drug-likeness (QED) is 0.802. The standard InChI is InChI=1S/C18H25FN4O2/c1-4-23-17(13(2)25-16-8-6-5-7-15(16)19)20-21-18(23)22-11-9-14(24-3)10-12-22/h5-8,13-14H,4,9-12H2,1-3H3/t13-/m0/s1. The lowest BCUT2D eigenvalue weighted by molar-refractivity contribution is 0.0815. The van der Waals surface area contributed by atoms with Crippen LogP contribution in [0.25, 0.3) is 0 Å². The summed E-state index contributed by atoms with van der Waals surface area (Å²) in [5.74, 6) is 1.40. The highest BCUT2D eigenvalue weighted by Crippen LogP contribution is 2.27. The molecule has 1 aromatic heterocycles. The van der Waals surface area contributed by atoms with Gasteiger partial charge in [0.25, 0.3) is 0 Å². The number of aromatic nitrogens is 3. The van der Waals surface area contributed by atoms with Gasteiger partial charge in [0.1, 0.15) is 0 Å². The Balaban J connectivity index is 1.76. The highest BCUT2D eigenvalue weighted by molar-refractivity contribution is 5.33. The van der Waals surface area contributed by atoms with Gasteiger partial charge in [-0.1, -0.05) is 12.1 Å². The fraction of sp³-hybridized carbons (Fsp3) is 0.556. The van der Waals surface area contributed by atoms with Gasteiger partial charge in [-0.05, 0) is 38.8 Å². The number of piperidine rings is 1. The third-order valence-corrected chi connectivity index (χ3v) is 4.64. The minimum absolute atomic E-state index is 0.225. The molecule has 2 heterocycles. The lowest BCUT2D eigenvalue weighted by atomic mass is 10.1. The third kappa shape index (κ3) is 3.76. The Hall–Kier alpha value is -2.15. The second-order valence-electron chi connectivity index (χ2n) is 6.22. The molecular formula is C18H25FN4O2. The highest BCUT2D eigenvalue weighted by Gasteiger charge is 2.26. The van der Waals surface area contributed by atoms with Gasteiger partial charge < -0.3 is 14.4 Å². The van der Waals surface area contributed by atoms with Crippen molar-refractivity contribution in [2.24, 2.45) is 0 Å². The molecule has 1 aromatic carbocycles. The van der Waals surface area contributed by atoms with Crippen LogP contribution in [0.2, 0.25) is 0 Å². The molecule has 0 bridgehead atoms. The predicted octanol–water partition coefficient (Wildman–Crippen LogP) is 3.19. The van der Waals surface area contributed by atoms with E-state index in [2.05, 4.69) is 15.1 Å². The summed E-state index contributed by atoms with van der Waals surface area (Å²) in [5, 5.41) is 8.69. The summed E-state index contributed by atoms with van der Waals surface area (Å²) in [5.41, 5.74) is 0. The molecule has 6 nitrogen and oxygen atoms in total. The van der Waals surface area contributed by atoms with Crippen molar-refractivity contribution in [1.82, 2.24) is 14.8 Å². The number of nitrogens with zero attached hydrogens (tertiary/aromatic N) is 4. The van der Waals surface area contributed by atoms with Gasteiger partial charge in [-0.25, -0.2) is 4.39 Å². The van der Waals surface area contributed by atoms with E-state index in [0.29, 0.717) is 11.9 Å². The first-order valence-electron chi connectivity index (χ1n) is 8.76. The van der Waals surface area contributed by atoms with Crippen LogP contribution in [0.3, 0.4) is 0 Å². The first kappa shape index (κ1) is 17.7. The molecule has 3 rings (SSSR count). The summed E-state index contributed by atoms with van der Waals surface area (Å²) in [6, 6.07) is 6.40. The molecule has 0 N–H and O–H groups in total. The monoisotopic (exact) mass is 348 g/mol.